The number of nitrogens with two attached hydrogens (primary N) is 1. The van der Waals surface area contributed by atoms with Gasteiger partial charge in [0.25, 0.3) is 0 Å². The Bertz CT molecular complexity index is 415. The second-order valence-corrected chi connectivity index (χ2v) is 6.04. The number of nitrogen functional groups attached to an aromatic ring is 1. The van der Waals surface area contributed by atoms with Crippen molar-refractivity contribution >= 4 is 11.4 Å². The Morgan fingerprint density at radius 3 is 2.39 bits per heavy atom. The molecule has 0 spiro atoms. The average molecular weight is 246 g/mol. The van der Waals surface area contributed by atoms with Crippen molar-refractivity contribution in [2.75, 3.05) is 23.7 Å². The minimum atomic E-state index is 0.789. The van der Waals surface area contributed by atoms with Gasteiger partial charge in [-0.05, 0) is 54.9 Å². The number of hydrogen-bond donors (Lipinski definition) is 1. The van der Waals surface area contributed by atoms with Gasteiger partial charge in [0.2, 0.25) is 0 Å². The van der Waals surface area contributed by atoms with Crippen molar-refractivity contribution in [3.63, 3.8) is 0 Å². The number of benzene rings is 1. The Hall–Kier alpha value is -1.18. The third-order valence-corrected chi connectivity index (χ3v) is 4.07. The average Bonchev–Trinajstić information content (AvgIpc) is 2.31. The molecule has 1 aromatic carbocycles. The minimum Gasteiger partial charge on any atom is -0.398 e. The van der Waals surface area contributed by atoms with Crippen LogP contribution in [-0.2, 0) is 6.42 Å². The lowest BCUT2D eigenvalue weighted by Gasteiger charge is -2.37. The highest BCUT2D eigenvalue weighted by Gasteiger charge is 2.22. The molecular weight excluding hydrogens is 220 g/mol. The Morgan fingerprint density at radius 2 is 1.83 bits per heavy atom. The molecule has 2 nitrogen and oxygen atoms in total. The maximum atomic E-state index is 6.13. The van der Waals surface area contributed by atoms with Crippen LogP contribution in [0.2, 0.25) is 0 Å². The normalized spacial score (nSPS) is 24.3. The topological polar surface area (TPSA) is 29.3 Å². The standard InChI is InChI=1S/C16H26N2/c1-5-14-8-15(7-13(4)16(14)17)18-9-11(2)6-12(3)10-18/h7-8,11-12H,5-6,9-10,17H2,1-4H3. The van der Waals surface area contributed by atoms with Crippen LogP contribution in [-0.4, -0.2) is 13.1 Å². The lowest BCUT2D eigenvalue weighted by molar-refractivity contribution is 0.357. The van der Waals surface area contributed by atoms with E-state index in [2.05, 4.69) is 44.7 Å². The van der Waals surface area contributed by atoms with E-state index in [4.69, 9.17) is 5.73 Å². The van der Waals surface area contributed by atoms with E-state index in [1.807, 2.05) is 0 Å². The van der Waals surface area contributed by atoms with Gasteiger partial charge in [-0.2, -0.15) is 0 Å². The first kappa shape index (κ1) is 13.3. The Balaban J connectivity index is 2.30. The van der Waals surface area contributed by atoms with Gasteiger partial charge in [-0.1, -0.05) is 20.8 Å². The molecule has 0 radical (unpaired) electrons. The minimum absolute atomic E-state index is 0.789. The SMILES string of the molecule is CCc1cc(N2CC(C)CC(C)C2)cc(C)c1N. The van der Waals surface area contributed by atoms with Crippen LogP contribution in [0.3, 0.4) is 0 Å². The molecule has 1 aromatic rings. The molecule has 2 heteroatoms. The molecule has 2 unspecified atom stereocenters. The van der Waals surface area contributed by atoms with Crippen LogP contribution in [0.15, 0.2) is 12.1 Å². The molecule has 2 atom stereocenters. The van der Waals surface area contributed by atoms with Crippen LogP contribution in [0.1, 0.15) is 38.3 Å². The molecule has 1 aliphatic rings. The van der Waals surface area contributed by atoms with Gasteiger partial charge < -0.3 is 10.6 Å². The molecule has 100 valence electrons. The van der Waals surface area contributed by atoms with Gasteiger partial charge in [0.05, 0.1) is 0 Å². The molecule has 1 heterocycles. The number of aryl methyl sites for hydroxylation is 2. The van der Waals surface area contributed by atoms with Gasteiger partial charge in [-0.25, -0.2) is 0 Å². The molecule has 0 bridgehead atoms. The number of anilines is 2. The van der Waals surface area contributed by atoms with E-state index in [-0.39, 0.29) is 0 Å². The summed E-state index contributed by atoms with van der Waals surface area (Å²) >= 11 is 0. The molecular formula is C16H26N2. The summed E-state index contributed by atoms with van der Waals surface area (Å²) in [5, 5.41) is 0. The molecule has 0 aromatic heterocycles. The highest BCUT2D eigenvalue weighted by atomic mass is 15.1. The lowest BCUT2D eigenvalue weighted by Crippen LogP contribution is -2.38. The second kappa shape index (κ2) is 5.21. The number of rotatable bonds is 2. The van der Waals surface area contributed by atoms with Crippen LogP contribution in [0.5, 0.6) is 0 Å². The van der Waals surface area contributed by atoms with Crippen LogP contribution >= 0.6 is 0 Å². The number of nitrogens with zero attached hydrogens (tertiary/aromatic N) is 1. The smallest absolute Gasteiger partial charge is 0.0377 e. The summed E-state index contributed by atoms with van der Waals surface area (Å²) in [6.07, 6.45) is 2.37. The van der Waals surface area contributed by atoms with Crippen molar-refractivity contribution in [2.45, 2.75) is 40.5 Å². The lowest BCUT2D eigenvalue weighted by atomic mass is 9.91. The molecule has 1 saturated heterocycles. The highest BCUT2D eigenvalue weighted by molar-refractivity contribution is 5.63. The second-order valence-electron chi connectivity index (χ2n) is 6.04. The first-order chi connectivity index (χ1) is 8.51. The molecule has 1 aliphatic heterocycles. The van der Waals surface area contributed by atoms with Crippen molar-refractivity contribution in [1.82, 2.24) is 0 Å². The fourth-order valence-electron chi connectivity index (χ4n) is 3.20. The maximum absolute atomic E-state index is 6.13. The third kappa shape index (κ3) is 2.63. The van der Waals surface area contributed by atoms with Gasteiger partial charge in [-0.3, -0.25) is 0 Å². The number of hydrogen-bond acceptors (Lipinski definition) is 2. The van der Waals surface area contributed by atoms with E-state index >= 15 is 0 Å². The molecule has 1 fully saturated rings. The summed E-state index contributed by atoms with van der Waals surface area (Å²) in [6, 6.07) is 4.53. The summed E-state index contributed by atoms with van der Waals surface area (Å²) in [5.41, 5.74) is 11.0. The Kier molecular flexibility index (Phi) is 3.84. The van der Waals surface area contributed by atoms with Gasteiger partial charge >= 0.3 is 0 Å². The van der Waals surface area contributed by atoms with Crippen molar-refractivity contribution < 1.29 is 0 Å². The van der Waals surface area contributed by atoms with Crippen LogP contribution in [0, 0.1) is 18.8 Å². The molecule has 2 N–H and O–H groups in total. The summed E-state index contributed by atoms with van der Waals surface area (Å²) in [6.45, 7) is 11.4. The van der Waals surface area contributed by atoms with Crippen LogP contribution in [0.4, 0.5) is 11.4 Å². The van der Waals surface area contributed by atoms with Crippen LogP contribution in [0.25, 0.3) is 0 Å². The zero-order valence-electron chi connectivity index (χ0n) is 12.2. The Morgan fingerprint density at radius 1 is 1.22 bits per heavy atom. The van der Waals surface area contributed by atoms with Crippen molar-refractivity contribution in [1.29, 1.82) is 0 Å². The predicted octanol–water partition coefficient (Wildman–Crippen LogP) is 3.62. The van der Waals surface area contributed by atoms with E-state index < -0.39 is 0 Å². The molecule has 0 aliphatic carbocycles. The van der Waals surface area contributed by atoms with Gasteiger partial charge in [-0.15, -0.1) is 0 Å². The van der Waals surface area contributed by atoms with Gasteiger partial charge in [0.15, 0.2) is 0 Å². The fraction of sp³-hybridized carbons (Fsp3) is 0.625. The first-order valence-electron chi connectivity index (χ1n) is 7.15. The fourth-order valence-corrected chi connectivity index (χ4v) is 3.20. The van der Waals surface area contributed by atoms with Crippen molar-refractivity contribution in [2.24, 2.45) is 11.8 Å². The molecule has 0 amide bonds. The third-order valence-electron chi connectivity index (χ3n) is 4.07. The zero-order chi connectivity index (χ0) is 13.3. The first-order valence-corrected chi connectivity index (χ1v) is 7.15. The van der Waals surface area contributed by atoms with E-state index in [1.54, 1.807) is 0 Å². The highest BCUT2D eigenvalue weighted by Crippen LogP contribution is 2.30. The van der Waals surface area contributed by atoms with Gasteiger partial charge in [0, 0.05) is 24.5 Å². The van der Waals surface area contributed by atoms with Crippen molar-refractivity contribution in [3.8, 4) is 0 Å². The summed E-state index contributed by atoms with van der Waals surface area (Å²) in [7, 11) is 0. The zero-order valence-corrected chi connectivity index (χ0v) is 12.2. The monoisotopic (exact) mass is 246 g/mol. The van der Waals surface area contributed by atoms with Crippen molar-refractivity contribution in [3.05, 3.63) is 23.3 Å². The maximum Gasteiger partial charge on any atom is 0.0377 e. The van der Waals surface area contributed by atoms with E-state index in [0.29, 0.717) is 0 Å². The largest absolute Gasteiger partial charge is 0.398 e. The Labute approximate surface area is 111 Å². The summed E-state index contributed by atoms with van der Waals surface area (Å²) in [5.74, 6) is 1.58. The molecule has 0 saturated carbocycles. The van der Waals surface area contributed by atoms with E-state index in [0.717, 1.165) is 23.9 Å². The molecule has 18 heavy (non-hydrogen) atoms. The number of piperidine rings is 1. The quantitative estimate of drug-likeness (QED) is 0.808. The van der Waals surface area contributed by atoms with Gasteiger partial charge in [0.1, 0.15) is 0 Å². The predicted molar refractivity (Wildman–Crippen MR) is 80.1 cm³/mol. The van der Waals surface area contributed by atoms with E-state index in [1.165, 1.54) is 36.3 Å². The van der Waals surface area contributed by atoms with E-state index in [9.17, 15) is 0 Å². The van der Waals surface area contributed by atoms with Crippen LogP contribution < -0.4 is 10.6 Å². The molecule has 2 rings (SSSR count). The summed E-state index contributed by atoms with van der Waals surface area (Å²) in [4.78, 5) is 2.53. The summed E-state index contributed by atoms with van der Waals surface area (Å²) < 4.78 is 0.